The van der Waals surface area contributed by atoms with Crippen LogP contribution in [0.15, 0.2) is 61.3 Å². The van der Waals surface area contributed by atoms with Gasteiger partial charge in [-0.05, 0) is 18.2 Å². The summed E-state index contributed by atoms with van der Waals surface area (Å²) in [7, 11) is 0. The number of rotatable bonds is 3. The van der Waals surface area contributed by atoms with Crippen molar-refractivity contribution in [2.24, 2.45) is 0 Å². The molecule has 1 aliphatic heterocycles. The van der Waals surface area contributed by atoms with E-state index in [2.05, 4.69) is 29.9 Å². The highest BCUT2D eigenvalue weighted by molar-refractivity contribution is 5.94. The number of hydrogen-bond donors (Lipinski definition) is 0. The van der Waals surface area contributed by atoms with E-state index in [0.717, 1.165) is 16.9 Å². The van der Waals surface area contributed by atoms with E-state index in [9.17, 15) is 4.79 Å². The Labute approximate surface area is 166 Å². The number of amides is 1. The van der Waals surface area contributed by atoms with Gasteiger partial charge >= 0.3 is 0 Å². The van der Waals surface area contributed by atoms with E-state index in [1.54, 1.807) is 17.1 Å². The lowest BCUT2D eigenvalue weighted by atomic mass is 10.2. The highest BCUT2D eigenvalue weighted by Crippen LogP contribution is 2.17. The first kappa shape index (κ1) is 17.2. The largest absolute Gasteiger partial charge is 0.353 e. The Bertz CT molecular complexity index is 1150. The zero-order chi connectivity index (χ0) is 19.6. The molecule has 144 valence electrons. The Morgan fingerprint density at radius 2 is 1.69 bits per heavy atom. The number of benzene rings is 1. The molecule has 1 amide bonds. The Kier molecular flexibility index (Phi) is 4.32. The Hall–Kier alpha value is -3.88. The van der Waals surface area contributed by atoms with Crippen LogP contribution in [-0.4, -0.2) is 66.7 Å². The van der Waals surface area contributed by atoms with Crippen molar-refractivity contribution in [3.05, 3.63) is 67.0 Å². The van der Waals surface area contributed by atoms with E-state index < -0.39 is 0 Å². The third-order valence-electron chi connectivity index (χ3n) is 4.94. The van der Waals surface area contributed by atoms with Gasteiger partial charge in [-0.25, -0.2) is 19.6 Å². The van der Waals surface area contributed by atoms with Gasteiger partial charge in [-0.15, -0.1) is 0 Å². The van der Waals surface area contributed by atoms with Crippen LogP contribution in [0.25, 0.3) is 16.9 Å². The average molecular weight is 386 g/mol. The van der Waals surface area contributed by atoms with Crippen LogP contribution in [0.1, 0.15) is 10.5 Å². The van der Waals surface area contributed by atoms with Gasteiger partial charge in [0, 0.05) is 44.6 Å². The van der Waals surface area contributed by atoms with E-state index in [-0.39, 0.29) is 5.91 Å². The fraction of sp³-hybridized carbons (Fsp3) is 0.200. The van der Waals surface area contributed by atoms with Crippen LogP contribution in [0.3, 0.4) is 0 Å². The van der Waals surface area contributed by atoms with Gasteiger partial charge in [0.2, 0.25) is 0 Å². The first-order valence-electron chi connectivity index (χ1n) is 9.36. The maximum absolute atomic E-state index is 12.9. The van der Waals surface area contributed by atoms with Gasteiger partial charge in [0.25, 0.3) is 5.91 Å². The first-order chi connectivity index (χ1) is 14.3. The summed E-state index contributed by atoms with van der Waals surface area (Å²) in [5.74, 6) is 1.44. The summed E-state index contributed by atoms with van der Waals surface area (Å²) in [6.07, 6.45) is 6.64. The maximum Gasteiger partial charge on any atom is 0.274 e. The molecular weight excluding hydrogens is 368 g/mol. The van der Waals surface area contributed by atoms with Crippen molar-refractivity contribution < 1.29 is 4.79 Å². The second kappa shape index (κ2) is 7.27. The molecule has 4 aromatic rings. The highest BCUT2D eigenvalue weighted by atomic mass is 16.2. The molecule has 0 bridgehead atoms. The zero-order valence-electron chi connectivity index (χ0n) is 15.6. The van der Waals surface area contributed by atoms with Crippen molar-refractivity contribution in [2.45, 2.75) is 0 Å². The summed E-state index contributed by atoms with van der Waals surface area (Å²) in [5, 5.41) is 4.21. The molecular formula is C20H18N8O. The van der Waals surface area contributed by atoms with E-state index in [1.165, 1.54) is 6.33 Å². The van der Waals surface area contributed by atoms with Crippen LogP contribution in [-0.2, 0) is 0 Å². The normalized spacial score (nSPS) is 14.3. The molecule has 0 radical (unpaired) electrons. The van der Waals surface area contributed by atoms with E-state index in [4.69, 9.17) is 0 Å². The van der Waals surface area contributed by atoms with Crippen molar-refractivity contribution in [1.82, 2.24) is 34.6 Å². The number of carbonyl (C=O) groups is 1. The van der Waals surface area contributed by atoms with Gasteiger partial charge in [-0.1, -0.05) is 12.1 Å². The van der Waals surface area contributed by atoms with Crippen LogP contribution < -0.4 is 4.90 Å². The average Bonchev–Trinajstić information content (AvgIpc) is 3.34. The van der Waals surface area contributed by atoms with Crippen LogP contribution in [0.2, 0.25) is 0 Å². The molecule has 0 saturated carbocycles. The molecule has 1 aliphatic rings. The fourth-order valence-corrected chi connectivity index (χ4v) is 3.40. The second-order valence-electron chi connectivity index (χ2n) is 6.71. The topological polar surface area (TPSA) is 92.9 Å². The molecule has 1 aromatic carbocycles. The molecule has 1 fully saturated rings. The highest BCUT2D eigenvalue weighted by Gasteiger charge is 2.24. The molecule has 1 saturated heterocycles. The molecule has 9 nitrogen and oxygen atoms in total. The summed E-state index contributed by atoms with van der Waals surface area (Å²) in [4.78, 5) is 34.3. The minimum absolute atomic E-state index is 0.0946. The molecule has 0 N–H and O–H groups in total. The van der Waals surface area contributed by atoms with Gasteiger partial charge in [-0.2, -0.15) is 5.10 Å². The molecule has 4 heterocycles. The Morgan fingerprint density at radius 1 is 0.897 bits per heavy atom. The third kappa shape index (κ3) is 3.38. The lowest BCUT2D eigenvalue weighted by Gasteiger charge is -2.35. The Balaban J connectivity index is 1.28. The molecule has 3 aromatic heterocycles. The summed E-state index contributed by atoms with van der Waals surface area (Å²) < 4.78 is 1.70. The Morgan fingerprint density at radius 3 is 2.48 bits per heavy atom. The SMILES string of the molecule is O=C(c1cnc2ccccc2n1)N1CCN(c2cc(-n3cccn3)ncn2)CC1. The number of aromatic nitrogens is 6. The van der Waals surface area contributed by atoms with Crippen LogP contribution in [0.5, 0.6) is 0 Å². The summed E-state index contributed by atoms with van der Waals surface area (Å²) in [5.41, 5.74) is 1.88. The first-order valence-corrected chi connectivity index (χ1v) is 9.36. The lowest BCUT2D eigenvalue weighted by molar-refractivity contribution is 0.0740. The van der Waals surface area contributed by atoms with Crippen molar-refractivity contribution in [2.75, 3.05) is 31.1 Å². The second-order valence-corrected chi connectivity index (χ2v) is 6.71. The van der Waals surface area contributed by atoms with Crippen LogP contribution >= 0.6 is 0 Å². The number of hydrogen-bond acceptors (Lipinski definition) is 7. The van der Waals surface area contributed by atoms with Crippen molar-refractivity contribution in [3.8, 4) is 5.82 Å². The van der Waals surface area contributed by atoms with Gasteiger partial charge in [-0.3, -0.25) is 9.78 Å². The standard InChI is InChI=1S/C20H18N8O/c29-20(17-13-21-15-4-1-2-5-16(15)25-17)27-10-8-26(9-11-27)18-12-19(23-14-22-18)28-7-3-6-24-28/h1-7,12-14H,8-11H2. The zero-order valence-corrected chi connectivity index (χ0v) is 15.6. The van der Waals surface area contributed by atoms with Gasteiger partial charge in [0.15, 0.2) is 5.82 Å². The van der Waals surface area contributed by atoms with E-state index >= 15 is 0 Å². The van der Waals surface area contributed by atoms with Gasteiger partial charge < -0.3 is 9.80 Å². The summed E-state index contributed by atoms with van der Waals surface area (Å²) in [6, 6.07) is 11.3. The van der Waals surface area contributed by atoms with Gasteiger partial charge in [0.05, 0.1) is 17.2 Å². The number of para-hydroxylation sites is 2. The number of fused-ring (bicyclic) bond motifs is 1. The predicted molar refractivity (Wildman–Crippen MR) is 107 cm³/mol. The lowest BCUT2D eigenvalue weighted by Crippen LogP contribution is -2.49. The van der Waals surface area contributed by atoms with Crippen LogP contribution in [0.4, 0.5) is 5.82 Å². The molecule has 5 rings (SSSR count). The fourth-order valence-electron chi connectivity index (χ4n) is 3.40. The summed E-state index contributed by atoms with van der Waals surface area (Å²) in [6.45, 7) is 2.55. The maximum atomic E-state index is 12.9. The quantitative estimate of drug-likeness (QED) is 0.528. The van der Waals surface area contributed by atoms with Gasteiger partial charge in [0.1, 0.15) is 17.8 Å². The number of carbonyl (C=O) groups excluding carboxylic acids is 1. The van der Waals surface area contributed by atoms with Crippen molar-refractivity contribution in [1.29, 1.82) is 0 Å². The van der Waals surface area contributed by atoms with Crippen molar-refractivity contribution in [3.63, 3.8) is 0 Å². The molecule has 29 heavy (non-hydrogen) atoms. The van der Waals surface area contributed by atoms with Crippen LogP contribution in [0, 0.1) is 0 Å². The molecule has 0 spiro atoms. The predicted octanol–water partition coefficient (Wildman–Crippen LogP) is 1.57. The van der Waals surface area contributed by atoms with E-state index in [1.807, 2.05) is 47.5 Å². The number of nitrogens with zero attached hydrogens (tertiary/aromatic N) is 8. The summed E-state index contributed by atoms with van der Waals surface area (Å²) >= 11 is 0. The molecule has 0 atom stereocenters. The smallest absolute Gasteiger partial charge is 0.274 e. The number of piperazine rings is 1. The monoisotopic (exact) mass is 386 g/mol. The minimum Gasteiger partial charge on any atom is -0.353 e. The molecule has 0 unspecified atom stereocenters. The third-order valence-corrected chi connectivity index (χ3v) is 4.94. The number of anilines is 1. The van der Waals surface area contributed by atoms with Crippen molar-refractivity contribution >= 4 is 22.8 Å². The van der Waals surface area contributed by atoms with E-state index in [0.29, 0.717) is 37.7 Å². The molecule has 0 aliphatic carbocycles. The minimum atomic E-state index is -0.0946. The molecule has 9 heteroatoms.